The number of nitrogens with zero attached hydrogens (tertiary/aromatic N) is 8. The highest BCUT2D eigenvalue weighted by atomic mass is 19.1. The smallest absolute Gasteiger partial charge is 0.410 e. The van der Waals surface area contributed by atoms with E-state index >= 15 is 4.39 Å². The molecule has 19 heteroatoms. The molecule has 18 nitrogen and oxygen atoms in total. The molecule has 484 valence electrons. The molecule has 4 aliphatic heterocycles. The number of aromatic nitrogens is 3. The van der Waals surface area contributed by atoms with Crippen molar-refractivity contribution in [2.75, 3.05) is 85.1 Å². The Hall–Kier alpha value is -8.55. The van der Waals surface area contributed by atoms with E-state index in [1.54, 1.807) is 43.5 Å². The Kier molecular flexibility index (Phi) is 18.1. The minimum atomic E-state index is -0.621. The number of ether oxygens (including phenoxy) is 2. The van der Waals surface area contributed by atoms with Gasteiger partial charge in [0.2, 0.25) is 17.7 Å². The Morgan fingerprint density at radius 1 is 0.624 bits per heavy atom. The summed E-state index contributed by atoms with van der Waals surface area (Å²) in [5, 5.41) is 9.38. The summed E-state index contributed by atoms with van der Waals surface area (Å²) >= 11 is 0. The topological polar surface area (TPSA) is 191 Å². The van der Waals surface area contributed by atoms with Gasteiger partial charge in [-0.3, -0.25) is 38.6 Å². The fraction of sp³-hybridized carbons (Fsp3) is 0.459. The van der Waals surface area contributed by atoms with E-state index in [0.29, 0.717) is 99.0 Å². The molecule has 1 N–H and O–H groups in total. The summed E-state index contributed by atoms with van der Waals surface area (Å²) in [6.07, 6.45) is 12.9. The number of likely N-dealkylation sites (tertiary alicyclic amines) is 3. The summed E-state index contributed by atoms with van der Waals surface area (Å²) < 4.78 is 29.7. The van der Waals surface area contributed by atoms with Crippen LogP contribution < -0.4 is 11.1 Å². The number of piperazine rings is 1. The normalized spacial score (nSPS) is 19.8. The van der Waals surface area contributed by atoms with Crippen LogP contribution in [0.4, 0.5) is 9.18 Å². The van der Waals surface area contributed by atoms with Gasteiger partial charge in [-0.2, -0.15) is 5.10 Å². The molecule has 2 aromatic heterocycles. The van der Waals surface area contributed by atoms with Crippen LogP contribution >= 0.6 is 0 Å². The quantitative estimate of drug-likeness (QED) is 0.0969. The van der Waals surface area contributed by atoms with E-state index in [4.69, 9.17) is 9.47 Å². The van der Waals surface area contributed by atoms with E-state index in [1.165, 1.54) is 6.07 Å². The average molecular weight is 1260 g/mol. The van der Waals surface area contributed by atoms with Crippen molar-refractivity contribution in [3.8, 4) is 11.1 Å². The van der Waals surface area contributed by atoms with E-state index in [-0.39, 0.29) is 103 Å². The number of nitrogens with one attached hydrogen (secondary N) is 1. The minimum absolute atomic E-state index is 0.000964. The van der Waals surface area contributed by atoms with Crippen molar-refractivity contribution in [1.82, 2.24) is 44.2 Å². The highest BCUT2D eigenvalue weighted by Crippen LogP contribution is 2.45. The van der Waals surface area contributed by atoms with Crippen molar-refractivity contribution in [3.05, 3.63) is 181 Å². The van der Waals surface area contributed by atoms with Crippen molar-refractivity contribution < 1.29 is 37.8 Å². The molecule has 14 rings (SSSR count). The van der Waals surface area contributed by atoms with Gasteiger partial charge in [-0.25, -0.2) is 14.3 Å². The van der Waals surface area contributed by atoms with E-state index in [0.717, 1.165) is 104 Å². The number of fused-ring (bicyclic) bond motifs is 5. The number of piperidine rings is 3. The summed E-state index contributed by atoms with van der Waals surface area (Å²) in [7, 11) is 0. The number of hydrogen-bond donors (Lipinski definition) is 1. The second-order valence-electron chi connectivity index (χ2n) is 26.9. The lowest BCUT2D eigenvalue weighted by Gasteiger charge is -2.40. The van der Waals surface area contributed by atoms with Gasteiger partial charge in [-0.05, 0) is 139 Å². The van der Waals surface area contributed by atoms with Crippen molar-refractivity contribution in [1.29, 1.82) is 0 Å². The summed E-state index contributed by atoms with van der Waals surface area (Å²) in [5.41, 5.74) is 6.40. The summed E-state index contributed by atoms with van der Waals surface area (Å²) in [4.78, 5) is 109. The summed E-state index contributed by atoms with van der Waals surface area (Å²) in [6, 6.07) is 35.5. The molecule has 1 unspecified atom stereocenters. The van der Waals surface area contributed by atoms with E-state index in [1.807, 2.05) is 70.6 Å². The highest BCUT2D eigenvalue weighted by molar-refractivity contribution is 5.95. The van der Waals surface area contributed by atoms with E-state index < -0.39 is 23.9 Å². The van der Waals surface area contributed by atoms with Crippen LogP contribution in [0.5, 0.6) is 0 Å². The van der Waals surface area contributed by atoms with E-state index in [9.17, 15) is 33.6 Å². The fourth-order valence-electron chi connectivity index (χ4n) is 15.7. The molecular formula is C74H82FN9O9. The summed E-state index contributed by atoms with van der Waals surface area (Å²) in [6.45, 7) is 5.29. The zero-order chi connectivity index (χ0) is 63.7. The van der Waals surface area contributed by atoms with Crippen molar-refractivity contribution in [2.45, 2.75) is 126 Å². The highest BCUT2D eigenvalue weighted by Gasteiger charge is 2.40. The molecule has 2 saturated carbocycles. The van der Waals surface area contributed by atoms with Crippen molar-refractivity contribution in [2.24, 2.45) is 5.92 Å². The molecule has 6 heterocycles. The molecule has 5 amide bonds. The first-order valence-electron chi connectivity index (χ1n) is 33.9. The number of aromatic amines is 1. The van der Waals surface area contributed by atoms with Gasteiger partial charge in [-0.1, -0.05) is 104 Å². The third kappa shape index (κ3) is 13.2. The Morgan fingerprint density at radius 3 is 2.02 bits per heavy atom. The first-order chi connectivity index (χ1) is 45.4. The second kappa shape index (κ2) is 27.2. The number of pyridine rings is 1. The zero-order valence-electron chi connectivity index (χ0n) is 52.8. The van der Waals surface area contributed by atoms with Gasteiger partial charge in [0.05, 0.1) is 35.4 Å². The van der Waals surface area contributed by atoms with Crippen LogP contribution in [0, 0.1) is 11.7 Å². The number of amides is 5. The number of hydrogen-bond acceptors (Lipinski definition) is 11. The molecule has 4 saturated heterocycles. The van der Waals surface area contributed by atoms with Gasteiger partial charge in [0, 0.05) is 107 Å². The predicted octanol–water partition coefficient (Wildman–Crippen LogP) is 9.67. The number of carbonyl (C=O) groups is 5. The molecule has 6 fully saturated rings. The molecule has 3 aliphatic carbocycles. The first-order valence-corrected chi connectivity index (χ1v) is 33.9. The number of benzene rings is 5. The Bertz CT molecular complexity index is 4040. The standard InChI is InChI=1S/C74H82FN9O9/c75-65-25-20-48(42-66-60-18-8-9-19-61(60)70(87)77-76-66)41-63(65)71(88)81-39-37-79(38-40-81)67(85)45-78-32-27-54(28-33-78)93-55-29-34-80(35-30-55)73(90)69(50-11-2-1-3-12-50)83-36-26-49-21-22-51(43-62(49)72(83)89)52-13-10-31-82(44-52)68(86)46-84(53-23-24-53)74(91)92-47-64-58-16-6-4-14-56(58)57-15-5-7-17-59(57)64/h4-9,14-22,25-26,36,41,43,50,52-55,64,69H,1-3,10-13,23-24,27-35,37-40,42,44-47H2,(H,77,87)/t52?,69-/m1/s1. The maximum atomic E-state index is 15.2. The number of carbonyl (C=O) groups excluding carboxylic acids is 5. The van der Waals surface area contributed by atoms with Crippen LogP contribution in [0.1, 0.15) is 140 Å². The van der Waals surface area contributed by atoms with Crippen LogP contribution in [-0.2, 0) is 30.3 Å². The van der Waals surface area contributed by atoms with Gasteiger partial charge in [0.15, 0.2) is 0 Å². The number of rotatable bonds is 16. The number of halogens is 1. The lowest BCUT2D eigenvalue weighted by molar-refractivity contribution is -0.141. The Labute approximate surface area is 540 Å². The SMILES string of the molecule is O=C(CN1CCC(OC2CCN(C(=O)[C@@H](C3CCCCC3)n3ccc4ccc(C5CCCN(C(=O)CN(C(=O)OCC6c7ccccc7-c7ccccc76)C6CC6)C5)cc4c3=O)CC2)CC1)N1CCN(C(=O)c2cc(Cc3n[nH]c(=O)c4ccccc34)ccc2F)CC1. The van der Waals surface area contributed by atoms with E-state index in [2.05, 4.69) is 45.4 Å². The van der Waals surface area contributed by atoms with Gasteiger partial charge in [0.1, 0.15) is 25.0 Å². The Balaban J connectivity index is 0.549. The van der Waals surface area contributed by atoms with Crippen LogP contribution in [-0.4, -0.2) is 177 Å². The lowest BCUT2D eigenvalue weighted by atomic mass is 9.82. The Morgan fingerprint density at radius 2 is 1.30 bits per heavy atom. The lowest BCUT2D eigenvalue weighted by Crippen LogP contribution is -2.53. The third-order valence-corrected chi connectivity index (χ3v) is 21.1. The summed E-state index contributed by atoms with van der Waals surface area (Å²) in [5.74, 6) is -1.20. The molecule has 93 heavy (non-hydrogen) atoms. The largest absolute Gasteiger partial charge is 0.448 e. The van der Waals surface area contributed by atoms with Gasteiger partial charge in [-0.15, -0.1) is 0 Å². The number of H-pyrrole nitrogens is 1. The molecule has 2 atom stereocenters. The second-order valence-corrected chi connectivity index (χ2v) is 26.9. The van der Waals surface area contributed by atoms with Crippen molar-refractivity contribution >= 4 is 51.3 Å². The molecule has 7 aromatic rings. The molecule has 0 spiro atoms. The molecular weight excluding hydrogens is 1180 g/mol. The maximum Gasteiger partial charge on any atom is 0.410 e. The van der Waals surface area contributed by atoms with Crippen LogP contribution in [0.2, 0.25) is 0 Å². The predicted molar refractivity (Wildman–Crippen MR) is 351 cm³/mol. The van der Waals surface area contributed by atoms with Crippen LogP contribution in [0.3, 0.4) is 0 Å². The van der Waals surface area contributed by atoms with Crippen LogP contribution in [0.15, 0.2) is 131 Å². The average Bonchev–Trinajstić information content (AvgIpc) is 1.78. The maximum absolute atomic E-state index is 15.2. The van der Waals surface area contributed by atoms with Gasteiger partial charge < -0.3 is 33.6 Å². The molecule has 7 aliphatic rings. The molecule has 0 bridgehead atoms. The fourth-order valence-corrected chi connectivity index (χ4v) is 15.7. The van der Waals surface area contributed by atoms with Gasteiger partial charge >= 0.3 is 6.09 Å². The first kappa shape index (κ1) is 61.9. The zero-order valence-corrected chi connectivity index (χ0v) is 52.8. The third-order valence-electron chi connectivity index (χ3n) is 21.1. The minimum Gasteiger partial charge on any atom is -0.448 e. The van der Waals surface area contributed by atoms with Gasteiger partial charge in [0.25, 0.3) is 17.0 Å². The van der Waals surface area contributed by atoms with Crippen molar-refractivity contribution in [3.63, 3.8) is 0 Å². The van der Waals surface area contributed by atoms with Crippen LogP contribution in [0.25, 0.3) is 32.7 Å². The molecule has 5 aromatic carbocycles. The molecule has 0 radical (unpaired) electrons. The monoisotopic (exact) mass is 1260 g/mol.